The van der Waals surface area contributed by atoms with Crippen molar-refractivity contribution in [1.82, 2.24) is 4.98 Å². The van der Waals surface area contributed by atoms with Crippen molar-refractivity contribution < 1.29 is 26.4 Å². The quantitative estimate of drug-likeness (QED) is 0.647. The fraction of sp³-hybridized carbons (Fsp3) is 0.400. The molecule has 0 atom stereocenters. The third-order valence-corrected chi connectivity index (χ3v) is 3.21. The smallest absolute Gasteiger partial charge is 0.369 e. The molecule has 0 aliphatic heterocycles. The van der Waals surface area contributed by atoms with Gasteiger partial charge in [-0.1, -0.05) is 0 Å². The van der Waals surface area contributed by atoms with Gasteiger partial charge in [-0.15, -0.1) is 0 Å². The van der Waals surface area contributed by atoms with E-state index in [0.29, 0.717) is 6.07 Å². The van der Waals surface area contributed by atoms with Gasteiger partial charge in [0.05, 0.1) is 11.3 Å². The number of nitrogens with zero attached hydrogens (tertiary/aromatic N) is 1. The van der Waals surface area contributed by atoms with Crippen molar-refractivity contribution in [3.8, 4) is 0 Å². The van der Waals surface area contributed by atoms with Crippen molar-refractivity contribution in [1.29, 1.82) is 0 Å². The fourth-order valence-corrected chi connectivity index (χ4v) is 1.98. The number of anilines is 1. The van der Waals surface area contributed by atoms with Crippen molar-refractivity contribution in [2.75, 3.05) is 17.6 Å². The van der Waals surface area contributed by atoms with Crippen LogP contribution in [0.25, 0.3) is 0 Å². The molecule has 0 fully saturated rings. The molecule has 0 unspecified atom stereocenters. The second kappa shape index (κ2) is 6.26. The van der Waals surface area contributed by atoms with E-state index in [1.807, 2.05) is 0 Å². The summed E-state index contributed by atoms with van der Waals surface area (Å²) in [6, 6.07) is 1.54. The Morgan fingerprint density at radius 2 is 1.95 bits per heavy atom. The zero-order chi connectivity index (χ0) is 16.3. The lowest BCUT2D eigenvalue weighted by Gasteiger charge is -2.12. The summed E-state index contributed by atoms with van der Waals surface area (Å²) in [6.45, 7) is -0.0367. The number of carbonyl (C=O) groups excluding carboxylic acids is 1. The molecule has 5 N–H and O–H groups in total. The molecule has 11 heteroatoms. The van der Waals surface area contributed by atoms with Crippen LogP contribution in [0.5, 0.6) is 0 Å². The van der Waals surface area contributed by atoms with E-state index in [9.17, 15) is 26.4 Å². The molecule has 0 saturated carbocycles. The molecule has 1 rings (SSSR count). The van der Waals surface area contributed by atoms with Gasteiger partial charge in [0.15, 0.2) is 0 Å². The number of hydrogen-bond donors (Lipinski definition) is 3. The number of sulfonamides is 1. The lowest BCUT2D eigenvalue weighted by atomic mass is 10.2. The lowest BCUT2D eigenvalue weighted by molar-refractivity contribution is -0.141. The molecular weight excluding hydrogens is 313 g/mol. The Morgan fingerprint density at radius 1 is 1.33 bits per heavy atom. The zero-order valence-corrected chi connectivity index (χ0v) is 11.5. The SMILES string of the molecule is NC(=O)c1ccc(C(F)(F)F)nc1NCCCS(N)(=O)=O. The molecule has 1 amide bonds. The molecule has 0 saturated heterocycles. The Labute approximate surface area is 118 Å². The Morgan fingerprint density at radius 3 is 2.43 bits per heavy atom. The first-order valence-corrected chi connectivity index (χ1v) is 7.34. The molecule has 0 bridgehead atoms. The predicted octanol–water partition coefficient (Wildman–Crippen LogP) is 0.290. The van der Waals surface area contributed by atoms with Crippen molar-refractivity contribution in [3.05, 3.63) is 23.4 Å². The number of alkyl halides is 3. The number of amides is 1. The standard InChI is InChI=1S/C10H13F3N4O3S/c11-10(12,13)7-3-2-6(8(14)18)9(17-7)16-4-1-5-21(15,19)20/h2-3H,1,4-5H2,(H2,14,18)(H,16,17)(H2,15,19,20). The van der Waals surface area contributed by atoms with Crippen LogP contribution in [0.15, 0.2) is 12.1 Å². The van der Waals surface area contributed by atoms with Gasteiger partial charge >= 0.3 is 6.18 Å². The average molecular weight is 326 g/mol. The highest BCUT2D eigenvalue weighted by Gasteiger charge is 2.33. The van der Waals surface area contributed by atoms with E-state index in [0.717, 1.165) is 6.07 Å². The summed E-state index contributed by atoms with van der Waals surface area (Å²) in [6.07, 6.45) is -4.64. The number of carbonyl (C=O) groups is 1. The van der Waals surface area contributed by atoms with E-state index in [4.69, 9.17) is 10.9 Å². The van der Waals surface area contributed by atoms with Gasteiger partial charge in [0.25, 0.3) is 5.91 Å². The number of rotatable bonds is 6. The highest BCUT2D eigenvalue weighted by molar-refractivity contribution is 7.89. The first kappa shape index (κ1) is 17.2. The average Bonchev–Trinajstić information content (AvgIpc) is 2.32. The van der Waals surface area contributed by atoms with Gasteiger partial charge < -0.3 is 11.1 Å². The van der Waals surface area contributed by atoms with Gasteiger partial charge in [-0.05, 0) is 18.6 Å². The van der Waals surface area contributed by atoms with Crippen LogP contribution >= 0.6 is 0 Å². The van der Waals surface area contributed by atoms with Gasteiger partial charge in [-0.2, -0.15) is 13.2 Å². The number of primary amides is 1. The maximum atomic E-state index is 12.5. The van der Waals surface area contributed by atoms with Crippen LogP contribution in [-0.2, 0) is 16.2 Å². The van der Waals surface area contributed by atoms with E-state index in [2.05, 4.69) is 10.3 Å². The number of nitrogens with two attached hydrogens (primary N) is 2. The number of hydrogen-bond acceptors (Lipinski definition) is 5. The van der Waals surface area contributed by atoms with Crippen LogP contribution in [0, 0.1) is 0 Å². The summed E-state index contributed by atoms with van der Waals surface area (Å²) >= 11 is 0. The lowest BCUT2D eigenvalue weighted by Crippen LogP contribution is -2.21. The minimum Gasteiger partial charge on any atom is -0.369 e. The summed E-state index contributed by atoms with van der Waals surface area (Å²) < 4.78 is 59.1. The minimum atomic E-state index is -4.67. The van der Waals surface area contributed by atoms with Crippen molar-refractivity contribution in [2.24, 2.45) is 10.9 Å². The molecule has 0 radical (unpaired) electrons. The number of aromatic nitrogens is 1. The van der Waals surface area contributed by atoms with Crippen LogP contribution in [0.4, 0.5) is 19.0 Å². The van der Waals surface area contributed by atoms with Crippen molar-refractivity contribution in [3.63, 3.8) is 0 Å². The Hall–Kier alpha value is -1.88. The predicted molar refractivity (Wildman–Crippen MR) is 68.8 cm³/mol. The topological polar surface area (TPSA) is 128 Å². The van der Waals surface area contributed by atoms with Gasteiger partial charge in [0, 0.05) is 6.54 Å². The summed E-state index contributed by atoms with van der Waals surface area (Å²) in [5.41, 5.74) is 3.61. The van der Waals surface area contributed by atoms with Crippen LogP contribution in [0.2, 0.25) is 0 Å². The molecule has 21 heavy (non-hydrogen) atoms. The summed E-state index contributed by atoms with van der Waals surface area (Å²) in [7, 11) is -3.67. The summed E-state index contributed by atoms with van der Waals surface area (Å²) in [5.74, 6) is -1.66. The molecule has 0 spiro atoms. The van der Waals surface area contributed by atoms with Gasteiger partial charge in [-0.25, -0.2) is 18.5 Å². The summed E-state index contributed by atoms with van der Waals surface area (Å²) in [5, 5.41) is 7.23. The fourth-order valence-electron chi connectivity index (χ4n) is 1.43. The molecule has 7 nitrogen and oxygen atoms in total. The molecule has 0 aromatic carbocycles. The Balaban J connectivity index is 2.89. The molecule has 1 heterocycles. The molecule has 0 aliphatic rings. The largest absolute Gasteiger partial charge is 0.433 e. The third kappa shape index (κ3) is 5.55. The maximum Gasteiger partial charge on any atom is 0.433 e. The molecule has 1 aromatic heterocycles. The second-order valence-electron chi connectivity index (χ2n) is 4.10. The van der Waals surface area contributed by atoms with Crippen LogP contribution in [0.1, 0.15) is 22.5 Å². The number of halogens is 3. The molecule has 1 aromatic rings. The Bertz CT molecular complexity index is 631. The maximum absolute atomic E-state index is 12.5. The van der Waals surface area contributed by atoms with Gasteiger partial charge in [0.1, 0.15) is 11.5 Å². The van der Waals surface area contributed by atoms with Crippen molar-refractivity contribution in [2.45, 2.75) is 12.6 Å². The normalized spacial score (nSPS) is 12.2. The number of pyridine rings is 1. The highest BCUT2D eigenvalue weighted by Crippen LogP contribution is 2.29. The summed E-state index contributed by atoms with van der Waals surface area (Å²) in [4.78, 5) is 14.4. The van der Waals surface area contributed by atoms with Gasteiger partial charge in [0.2, 0.25) is 10.0 Å². The van der Waals surface area contributed by atoms with E-state index in [1.165, 1.54) is 0 Å². The molecular formula is C10H13F3N4O3S. The van der Waals surface area contributed by atoms with Crippen molar-refractivity contribution >= 4 is 21.7 Å². The molecule has 0 aliphatic carbocycles. The van der Waals surface area contributed by atoms with Crippen LogP contribution in [-0.4, -0.2) is 31.6 Å². The minimum absolute atomic E-state index is 0.0367. The first-order valence-electron chi connectivity index (χ1n) is 5.63. The van der Waals surface area contributed by atoms with Crippen LogP contribution < -0.4 is 16.2 Å². The van der Waals surface area contributed by atoms with E-state index in [-0.39, 0.29) is 30.1 Å². The van der Waals surface area contributed by atoms with Gasteiger partial charge in [-0.3, -0.25) is 4.79 Å². The number of nitrogens with one attached hydrogen (secondary N) is 1. The molecule has 118 valence electrons. The highest BCUT2D eigenvalue weighted by atomic mass is 32.2. The van der Waals surface area contributed by atoms with E-state index < -0.39 is 27.8 Å². The monoisotopic (exact) mass is 326 g/mol. The number of primary sulfonamides is 1. The van der Waals surface area contributed by atoms with Crippen LogP contribution in [0.3, 0.4) is 0 Å². The first-order chi connectivity index (χ1) is 9.50. The third-order valence-electron chi connectivity index (χ3n) is 2.35. The second-order valence-corrected chi connectivity index (χ2v) is 5.84. The zero-order valence-electron chi connectivity index (χ0n) is 10.6. The Kier molecular flexibility index (Phi) is 5.12. The van der Waals surface area contributed by atoms with E-state index in [1.54, 1.807) is 0 Å². The van der Waals surface area contributed by atoms with E-state index >= 15 is 0 Å².